The Morgan fingerprint density at radius 2 is 2.04 bits per heavy atom. The molecule has 254 valence electrons. The summed E-state index contributed by atoms with van der Waals surface area (Å²) < 4.78 is 29.9. The summed E-state index contributed by atoms with van der Waals surface area (Å²) in [7, 11) is 0. The number of aromatic nitrogens is 2. The Morgan fingerprint density at radius 3 is 2.81 bits per heavy atom. The van der Waals surface area contributed by atoms with Gasteiger partial charge in [-0.05, 0) is 91.5 Å². The topological polar surface area (TPSA) is 97.1 Å². The zero-order chi connectivity index (χ0) is 32.7. The Labute approximate surface area is 281 Å². The number of allylic oxidation sites excluding steroid dienone is 1. The van der Waals surface area contributed by atoms with E-state index >= 15 is 0 Å². The number of hydrogen-bond donors (Lipinski definition) is 2. The summed E-state index contributed by atoms with van der Waals surface area (Å²) in [5, 5.41) is 27.1. The van der Waals surface area contributed by atoms with E-state index in [1.807, 2.05) is 34.8 Å². The summed E-state index contributed by atoms with van der Waals surface area (Å²) in [5.41, 5.74) is 2.97. The van der Waals surface area contributed by atoms with E-state index in [1.165, 1.54) is 5.57 Å². The minimum atomic E-state index is -1.23. The van der Waals surface area contributed by atoms with Crippen molar-refractivity contribution >= 4 is 23.6 Å². The predicted molar refractivity (Wildman–Crippen MR) is 178 cm³/mol. The zero-order valence-corrected chi connectivity index (χ0v) is 28.6. The molecule has 0 unspecified atom stereocenters. The molecule has 2 saturated heterocycles. The van der Waals surface area contributed by atoms with Gasteiger partial charge in [-0.1, -0.05) is 32.8 Å². The second-order valence-electron chi connectivity index (χ2n) is 15.4. The van der Waals surface area contributed by atoms with Gasteiger partial charge < -0.3 is 19.7 Å². The molecule has 8 nitrogen and oxygen atoms in total. The first-order valence-electron chi connectivity index (χ1n) is 17.6. The van der Waals surface area contributed by atoms with Gasteiger partial charge in [-0.25, -0.2) is 9.07 Å². The van der Waals surface area contributed by atoms with Crippen molar-refractivity contribution in [1.29, 1.82) is 0 Å². The summed E-state index contributed by atoms with van der Waals surface area (Å²) in [6.07, 6.45) is 8.04. The van der Waals surface area contributed by atoms with Gasteiger partial charge in [-0.15, -0.1) is 0 Å². The summed E-state index contributed by atoms with van der Waals surface area (Å²) in [4.78, 5) is 15.9. The third kappa shape index (κ3) is 4.72. The molecule has 2 aromatic rings. The summed E-state index contributed by atoms with van der Waals surface area (Å²) >= 11 is 1.95. The van der Waals surface area contributed by atoms with Crippen LogP contribution in [0.5, 0.6) is 0 Å². The number of fused-ring (bicyclic) bond motifs is 8. The van der Waals surface area contributed by atoms with Crippen molar-refractivity contribution in [1.82, 2.24) is 14.7 Å². The minimum absolute atomic E-state index is 0.0174. The molecule has 8 rings (SSSR count). The van der Waals surface area contributed by atoms with E-state index in [0.717, 1.165) is 67.2 Å². The van der Waals surface area contributed by atoms with Gasteiger partial charge in [0.05, 0.1) is 29.8 Å². The Hall–Kier alpha value is -2.08. The SMILES string of the molecule is CCC[C@H]1O[C@@H]2C[C@H]3[C@@H]4CCC5=Cc6c(cnn6-c6ccc(F)c(CN7CCSCC7)c6)C[C@]5(C)[C@H]4[C@@H](O)C[C@]3(C)[C@]2(C(=O)CO)O1. The molecule has 3 saturated carbocycles. The van der Waals surface area contributed by atoms with Gasteiger partial charge >= 0.3 is 0 Å². The van der Waals surface area contributed by atoms with Crippen molar-refractivity contribution in [3.05, 3.63) is 52.6 Å². The molecule has 5 fully saturated rings. The number of benzene rings is 1. The van der Waals surface area contributed by atoms with Crippen LogP contribution in [-0.2, 0) is 27.2 Å². The third-order valence-electron chi connectivity index (χ3n) is 13.1. The summed E-state index contributed by atoms with van der Waals surface area (Å²) in [6, 6.07) is 5.35. The number of ether oxygens (including phenoxy) is 2. The molecule has 2 aliphatic heterocycles. The quantitative estimate of drug-likeness (QED) is 0.419. The number of aliphatic hydroxyl groups excluding tert-OH is 2. The Kier molecular flexibility index (Phi) is 8.05. The maximum Gasteiger partial charge on any atom is 0.193 e. The lowest BCUT2D eigenvalue weighted by Gasteiger charge is -2.60. The number of carbonyl (C=O) groups excluding carboxylic acids is 1. The fraction of sp³-hybridized carbons (Fsp3) is 0.676. The highest BCUT2D eigenvalue weighted by atomic mass is 32.2. The van der Waals surface area contributed by atoms with E-state index in [-0.39, 0.29) is 34.8 Å². The molecule has 0 amide bonds. The van der Waals surface area contributed by atoms with Gasteiger partial charge in [-0.3, -0.25) is 9.69 Å². The van der Waals surface area contributed by atoms with Crippen LogP contribution in [0.3, 0.4) is 0 Å². The average Bonchev–Trinajstić information content (AvgIpc) is 3.70. The fourth-order valence-corrected chi connectivity index (χ4v) is 12.0. The lowest BCUT2D eigenvalue weighted by atomic mass is 9.45. The van der Waals surface area contributed by atoms with Gasteiger partial charge in [0.1, 0.15) is 12.4 Å². The number of ketones is 1. The van der Waals surface area contributed by atoms with Crippen LogP contribution in [0.4, 0.5) is 4.39 Å². The molecule has 2 N–H and O–H groups in total. The molecule has 0 bridgehead atoms. The van der Waals surface area contributed by atoms with E-state index < -0.39 is 36.1 Å². The van der Waals surface area contributed by atoms with Crippen LogP contribution in [0.15, 0.2) is 30.0 Å². The number of rotatable bonds is 7. The van der Waals surface area contributed by atoms with Crippen molar-refractivity contribution in [3.8, 4) is 5.69 Å². The van der Waals surface area contributed by atoms with Gasteiger partial charge in [0, 0.05) is 42.1 Å². The first-order valence-corrected chi connectivity index (χ1v) is 18.8. The standard InChI is InChI=1S/C37H48FN3O5S/c1-4-5-33-45-32-16-27-26-8-6-24-15-29-23(17-35(24,2)34(26)30(43)18-36(27,3)37(32,46-33)31(44)21-42)19-39-41(29)25-7-9-28(38)22(14-25)20-40-10-12-47-13-11-40/h7,9,14-15,19,26-27,30,32-34,42-43H,4-6,8,10-13,16-18,20-21H2,1-3H3/t26-,27-,30-,32+,33-,34+,35-,36-,37+/m0/s1. The number of halogens is 1. The predicted octanol–water partition coefficient (Wildman–Crippen LogP) is 5.16. The maximum absolute atomic E-state index is 15.0. The first kappa shape index (κ1) is 32.1. The van der Waals surface area contributed by atoms with Gasteiger partial charge in [0.25, 0.3) is 0 Å². The smallest absolute Gasteiger partial charge is 0.193 e. The van der Waals surface area contributed by atoms with E-state index in [1.54, 1.807) is 6.07 Å². The zero-order valence-electron chi connectivity index (χ0n) is 27.8. The van der Waals surface area contributed by atoms with Crippen LogP contribution >= 0.6 is 11.8 Å². The van der Waals surface area contributed by atoms with E-state index in [2.05, 4.69) is 31.7 Å². The van der Waals surface area contributed by atoms with Crippen LogP contribution < -0.4 is 0 Å². The Balaban J connectivity index is 1.09. The van der Waals surface area contributed by atoms with E-state index in [9.17, 15) is 19.4 Å². The molecular weight excluding hydrogens is 617 g/mol. The molecule has 0 spiro atoms. The molecule has 1 aromatic heterocycles. The van der Waals surface area contributed by atoms with Crippen LogP contribution in [0.25, 0.3) is 11.8 Å². The van der Waals surface area contributed by atoms with Crippen LogP contribution in [0.1, 0.15) is 76.1 Å². The van der Waals surface area contributed by atoms with E-state index in [0.29, 0.717) is 31.4 Å². The van der Waals surface area contributed by atoms with Gasteiger partial charge in [0.15, 0.2) is 17.7 Å². The molecule has 10 heteroatoms. The van der Waals surface area contributed by atoms with Crippen molar-refractivity contribution in [2.75, 3.05) is 31.2 Å². The highest BCUT2D eigenvalue weighted by Crippen LogP contribution is 2.70. The molecule has 3 heterocycles. The Morgan fingerprint density at radius 1 is 1.23 bits per heavy atom. The van der Waals surface area contributed by atoms with Crippen molar-refractivity contribution < 1.29 is 28.9 Å². The Bertz CT molecular complexity index is 1590. The van der Waals surface area contributed by atoms with E-state index in [4.69, 9.17) is 14.6 Å². The molecule has 9 atom stereocenters. The highest BCUT2D eigenvalue weighted by molar-refractivity contribution is 7.99. The number of thioether (sulfide) groups is 1. The first-order chi connectivity index (χ1) is 22.6. The largest absolute Gasteiger partial charge is 0.393 e. The van der Waals surface area contributed by atoms with Crippen LogP contribution in [-0.4, -0.2) is 86.0 Å². The monoisotopic (exact) mass is 665 g/mol. The normalized spacial score (nSPS) is 39.4. The average molecular weight is 666 g/mol. The third-order valence-corrected chi connectivity index (χ3v) is 14.0. The minimum Gasteiger partial charge on any atom is -0.393 e. The molecule has 47 heavy (non-hydrogen) atoms. The maximum atomic E-state index is 15.0. The molecular formula is C37H48FN3O5S. The molecule has 6 aliphatic rings. The highest BCUT2D eigenvalue weighted by Gasteiger charge is 2.75. The molecule has 1 aromatic carbocycles. The lowest BCUT2D eigenvalue weighted by molar-refractivity contribution is -0.202. The lowest BCUT2D eigenvalue weighted by Crippen LogP contribution is -2.64. The van der Waals surface area contributed by atoms with Crippen LogP contribution in [0, 0.1) is 34.4 Å². The number of hydrogen-bond acceptors (Lipinski definition) is 8. The fourth-order valence-electron chi connectivity index (χ4n) is 11.0. The van der Waals surface area contributed by atoms with Crippen molar-refractivity contribution in [2.45, 2.75) is 96.4 Å². The number of aliphatic hydroxyl groups is 2. The number of carbonyl (C=O) groups is 1. The second-order valence-corrected chi connectivity index (χ2v) is 16.7. The second kappa shape index (κ2) is 11.8. The summed E-state index contributed by atoms with van der Waals surface area (Å²) in [5.74, 6) is 2.03. The number of Topliss-reactive ketones (excluding diaryl/α,β-unsaturated/α-hetero) is 1. The summed E-state index contributed by atoms with van der Waals surface area (Å²) in [6.45, 7) is 8.46. The van der Waals surface area contributed by atoms with Gasteiger partial charge in [0.2, 0.25) is 0 Å². The van der Waals surface area contributed by atoms with Gasteiger partial charge in [-0.2, -0.15) is 16.9 Å². The van der Waals surface area contributed by atoms with Crippen molar-refractivity contribution in [3.63, 3.8) is 0 Å². The molecule has 0 radical (unpaired) electrons. The molecule has 4 aliphatic carbocycles. The van der Waals surface area contributed by atoms with Crippen molar-refractivity contribution in [2.24, 2.45) is 28.6 Å². The van der Waals surface area contributed by atoms with Crippen LogP contribution in [0.2, 0.25) is 0 Å². The number of nitrogens with zero attached hydrogens (tertiary/aromatic N) is 3.